The van der Waals surface area contributed by atoms with Crippen LogP contribution >= 0.6 is 11.3 Å². The summed E-state index contributed by atoms with van der Waals surface area (Å²) in [6, 6.07) is 2.18. The van der Waals surface area contributed by atoms with Crippen LogP contribution in [-0.2, 0) is 0 Å². The van der Waals surface area contributed by atoms with Crippen LogP contribution in [0.15, 0.2) is 0 Å². The minimum atomic E-state index is 0.0540. The fourth-order valence-corrected chi connectivity index (χ4v) is 3.49. The first-order chi connectivity index (χ1) is 9.43. The van der Waals surface area contributed by atoms with E-state index in [0.717, 1.165) is 24.0 Å². The smallest absolute Gasteiger partial charge is 0.178 e. The van der Waals surface area contributed by atoms with Crippen molar-refractivity contribution in [2.45, 2.75) is 40.2 Å². The van der Waals surface area contributed by atoms with E-state index >= 15 is 0 Å². The van der Waals surface area contributed by atoms with E-state index in [-0.39, 0.29) is 6.10 Å². The molecule has 1 aliphatic heterocycles. The van der Waals surface area contributed by atoms with Crippen molar-refractivity contribution < 1.29 is 4.74 Å². The van der Waals surface area contributed by atoms with Crippen molar-refractivity contribution in [3.05, 3.63) is 4.88 Å². The number of nitriles is 1. The van der Waals surface area contributed by atoms with E-state index in [1.54, 1.807) is 0 Å². The molecule has 1 aromatic heterocycles. The lowest BCUT2D eigenvalue weighted by molar-refractivity contribution is 0.243. The predicted octanol–water partition coefficient (Wildman–Crippen LogP) is 3.47. The Morgan fingerprint density at radius 1 is 1.40 bits per heavy atom. The molecule has 2 N–H and O–H groups in total. The molecule has 0 radical (unpaired) electrons. The van der Waals surface area contributed by atoms with Crippen molar-refractivity contribution in [1.82, 2.24) is 0 Å². The van der Waals surface area contributed by atoms with Crippen LogP contribution in [-0.4, -0.2) is 19.2 Å². The summed E-state index contributed by atoms with van der Waals surface area (Å²) in [5.74, 6) is 2.08. The summed E-state index contributed by atoms with van der Waals surface area (Å²) >= 11 is 1.45. The number of anilines is 2. The van der Waals surface area contributed by atoms with Gasteiger partial charge in [-0.3, -0.25) is 0 Å². The first-order valence-electron chi connectivity index (χ1n) is 7.18. The Labute approximate surface area is 125 Å². The molecular weight excluding hydrogens is 270 g/mol. The molecule has 1 saturated heterocycles. The second-order valence-corrected chi connectivity index (χ2v) is 6.95. The van der Waals surface area contributed by atoms with Gasteiger partial charge in [-0.1, -0.05) is 13.8 Å². The molecule has 20 heavy (non-hydrogen) atoms. The molecule has 1 aromatic rings. The average Bonchev–Trinajstić information content (AvgIpc) is 2.70. The van der Waals surface area contributed by atoms with E-state index in [1.165, 1.54) is 17.8 Å². The van der Waals surface area contributed by atoms with E-state index in [1.807, 2.05) is 13.8 Å². The summed E-state index contributed by atoms with van der Waals surface area (Å²) in [5, 5.41) is 10.2. The molecule has 2 unspecified atom stereocenters. The highest BCUT2D eigenvalue weighted by Gasteiger charge is 2.28. The number of nitrogen functional groups attached to an aromatic ring is 1. The zero-order valence-electron chi connectivity index (χ0n) is 12.6. The van der Waals surface area contributed by atoms with Gasteiger partial charge in [0, 0.05) is 13.1 Å². The van der Waals surface area contributed by atoms with E-state index in [2.05, 4.69) is 24.8 Å². The first kappa shape index (κ1) is 15.0. The highest BCUT2D eigenvalue weighted by molar-refractivity contribution is 7.17. The SMILES string of the molecule is CC(C)Oc1c(N2CCC(C)C(C)C2)sc(C#N)c1N. The third kappa shape index (κ3) is 2.85. The van der Waals surface area contributed by atoms with Gasteiger partial charge < -0.3 is 15.4 Å². The van der Waals surface area contributed by atoms with Crippen molar-refractivity contribution in [2.75, 3.05) is 23.7 Å². The van der Waals surface area contributed by atoms with Gasteiger partial charge in [-0.2, -0.15) is 5.26 Å². The lowest BCUT2D eigenvalue weighted by Crippen LogP contribution is -2.38. The molecule has 0 spiro atoms. The van der Waals surface area contributed by atoms with E-state index in [0.29, 0.717) is 22.2 Å². The second kappa shape index (κ2) is 5.92. The van der Waals surface area contributed by atoms with Crippen molar-refractivity contribution in [3.8, 4) is 11.8 Å². The fraction of sp³-hybridized carbons (Fsp3) is 0.667. The maximum absolute atomic E-state index is 9.19. The maximum Gasteiger partial charge on any atom is 0.178 e. The lowest BCUT2D eigenvalue weighted by atomic mass is 9.89. The Kier molecular flexibility index (Phi) is 4.44. The minimum Gasteiger partial charge on any atom is -0.486 e. The first-order valence-corrected chi connectivity index (χ1v) is 7.99. The molecule has 0 amide bonds. The van der Waals surface area contributed by atoms with Crippen LogP contribution in [0.5, 0.6) is 5.75 Å². The molecule has 0 aromatic carbocycles. The largest absolute Gasteiger partial charge is 0.486 e. The van der Waals surface area contributed by atoms with Gasteiger partial charge in [-0.15, -0.1) is 11.3 Å². The van der Waals surface area contributed by atoms with Gasteiger partial charge in [-0.05, 0) is 32.1 Å². The van der Waals surface area contributed by atoms with Crippen LogP contribution in [0.25, 0.3) is 0 Å². The summed E-state index contributed by atoms with van der Waals surface area (Å²) in [4.78, 5) is 2.88. The van der Waals surface area contributed by atoms with E-state index in [9.17, 15) is 5.26 Å². The third-order valence-corrected chi connectivity index (χ3v) is 5.11. The van der Waals surface area contributed by atoms with Crippen LogP contribution in [0, 0.1) is 23.2 Å². The minimum absolute atomic E-state index is 0.0540. The number of ether oxygens (including phenoxy) is 1. The number of piperidine rings is 1. The fourth-order valence-electron chi connectivity index (χ4n) is 2.50. The third-order valence-electron chi connectivity index (χ3n) is 3.96. The van der Waals surface area contributed by atoms with Gasteiger partial charge in [-0.25, -0.2) is 0 Å². The maximum atomic E-state index is 9.19. The summed E-state index contributed by atoms with van der Waals surface area (Å²) in [7, 11) is 0. The summed E-state index contributed by atoms with van der Waals surface area (Å²) in [6.07, 6.45) is 1.22. The summed E-state index contributed by atoms with van der Waals surface area (Å²) in [5.41, 5.74) is 6.56. The average molecular weight is 293 g/mol. The Morgan fingerprint density at radius 3 is 2.65 bits per heavy atom. The van der Waals surface area contributed by atoms with Gasteiger partial charge in [0.1, 0.15) is 21.6 Å². The zero-order valence-corrected chi connectivity index (χ0v) is 13.5. The number of hydrogen-bond acceptors (Lipinski definition) is 5. The molecule has 110 valence electrons. The molecule has 1 aliphatic rings. The van der Waals surface area contributed by atoms with Crippen molar-refractivity contribution >= 4 is 22.0 Å². The standard InChI is InChI=1S/C15H23N3OS/c1-9(2)19-14-13(17)12(7-16)20-15(14)18-6-5-10(3)11(4)8-18/h9-11H,5-6,8,17H2,1-4H3. The van der Waals surface area contributed by atoms with Crippen molar-refractivity contribution in [3.63, 3.8) is 0 Å². The number of hydrogen-bond donors (Lipinski definition) is 1. The second-order valence-electron chi connectivity index (χ2n) is 5.95. The van der Waals surface area contributed by atoms with Crippen LogP contribution in [0.3, 0.4) is 0 Å². The molecule has 5 heteroatoms. The van der Waals surface area contributed by atoms with Gasteiger partial charge in [0.15, 0.2) is 5.75 Å². The van der Waals surface area contributed by atoms with Crippen LogP contribution in [0.4, 0.5) is 10.7 Å². The Bertz CT molecular complexity index is 518. The summed E-state index contributed by atoms with van der Waals surface area (Å²) < 4.78 is 5.87. The van der Waals surface area contributed by atoms with Crippen LogP contribution in [0.1, 0.15) is 39.0 Å². The molecule has 0 saturated carbocycles. The number of nitrogens with zero attached hydrogens (tertiary/aromatic N) is 2. The van der Waals surface area contributed by atoms with Crippen LogP contribution in [0.2, 0.25) is 0 Å². The topological polar surface area (TPSA) is 62.3 Å². The molecule has 0 bridgehead atoms. The van der Waals surface area contributed by atoms with Crippen molar-refractivity contribution in [2.24, 2.45) is 11.8 Å². The van der Waals surface area contributed by atoms with Crippen LogP contribution < -0.4 is 15.4 Å². The Balaban J connectivity index is 2.33. The Morgan fingerprint density at radius 2 is 2.10 bits per heavy atom. The van der Waals surface area contributed by atoms with Crippen molar-refractivity contribution in [1.29, 1.82) is 5.26 Å². The molecule has 4 nitrogen and oxygen atoms in total. The normalized spacial score (nSPS) is 22.9. The molecule has 1 fully saturated rings. The summed E-state index contributed by atoms with van der Waals surface area (Å²) in [6.45, 7) is 10.5. The lowest BCUT2D eigenvalue weighted by Gasteiger charge is -2.36. The predicted molar refractivity (Wildman–Crippen MR) is 84.4 cm³/mol. The van der Waals surface area contributed by atoms with E-state index in [4.69, 9.17) is 10.5 Å². The molecule has 2 rings (SSSR count). The molecule has 2 heterocycles. The number of thiophene rings is 1. The molecular formula is C15H23N3OS. The Hall–Kier alpha value is -1.41. The van der Waals surface area contributed by atoms with Gasteiger partial charge in [0.2, 0.25) is 0 Å². The monoisotopic (exact) mass is 293 g/mol. The van der Waals surface area contributed by atoms with Gasteiger partial charge >= 0.3 is 0 Å². The number of nitrogens with two attached hydrogens (primary N) is 1. The van der Waals surface area contributed by atoms with E-state index < -0.39 is 0 Å². The molecule has 2 atom stereocenters. The molecule has 0 aliphatic carbocycles. The van der Waals surface area contributed by atoms with Gasteiger partial charge in [0.25, 0.3) is 0 Å². The highest BCUT2D eigenvalue weighted by Crippen LogP contribution is 2.46. The number of rotatable bonds is 3. The quantitative estimate of drug-likeness (QED) is 0.927. The highest BCUT2D eigenvalue weighted by atomic mass is 32.1. The van der Waals surface area contributed by atoms with Gasteiger partial charge in [0.05, 0.1) is 6.10 Å². The zero-order chi connectivity index (χ0) is 14.9.